The van der Waals surface area contributed by atoms with Crippen LogP contribution in [-0.2, 0) is 17.5 Å². The van der Waals surface area contributed by atoms with Crippen LogP contribution in [0.15, 0.2) is 57.6 Å². The van der Waals surface area contributed by atoms with Gasteiger partial charge in [-0.3, -0.25) is 4.98 Å². The summed E-state index contributed by atoms with van der Waals surface area (Å²) in [7, 11) is -1.21. The molecule has 2 unspecified atom stereocenters. The van der Waals surface area contributed by atoms with E-state index < -0.39 is 11.0 Å². The molecule has 1 fully saturated rings. The Labute approximate surface area is 205 Å². The van der Waals surface area contributed by atoms with Crippen molar-refractivity contribution in [1.29, 1.82) is 0 Å². The molecule has 166 valence electrons. The van der Waals surface area contributed by atoms with Crippen molar-refractivity contribution >= 4 is 61.3 Å². The number of halogens is 2. The summed E-state index contributed by atoms with van der Waals surface area (Å²) in [6, 6.07) is 9.66. The number of hydrogen-bond acceptors (Lipinski definition) is 6. The summed E-state index contributed by atoms with van der Waals surface area (Å²) in [4.78, 5) is 9.08. The molecule has 1 saturated heterocycles. The Hall–Kier alpha value is -1.85. The zero-order valence-corrected chi connectivity index (χ0v) is 20.9. The van der Waals surface area contributed by atoms with Crippen molar-refractivity contribution in [3.05, 3.63) is 69.0 Å². The van der Waals surface area contributed by atoms with Gasteiger partial charge in [-0.25, -0.2) is 13.5 Å². The van der Waals surface area contributed by atoms with Gasteiger partial charge in [-0.2, -0.15) is 9.61 Å². The third-order valence-electron chi connectivity index (χ3n) is 5.40. The van der Waals surface area contributed by atoms with E-state index in [2.05, 4.69) is 37.4 Å². The van der Waals surface area contributed by atoms with Crippen LogP contribution in [-0.4, -0.2) is 41.2 Å². The summed E-state index contributed by atoms with van der Waals surface area (Å²) in [6.45, 7) is 2.10. The van der Waals surface area contributed by atoms with E-state index in [1.165, 1.54) is 11.3 Å². The molecule has 1 N–H and O–H groups in total. The van der Waals surface area contributed by atoms with Gasteiger partial charge in [0.05, 0.1) is 20.7 Å². The molecule has 0 saturated carbocycles. The minimum atomic E-state index is -1.21. The molecule has 2 atom stereocenters. The summed E-state index contributed by atoms with van der Waals surface area (Å²) in [5.41, 5.74) is 2.82. The molecule has 0 radical (unpaired) electrons. The number of hydrogen-bond donors (Lipinski definition) is 1. The first-order valence-corrected chi connectivity index (χ1v) is 13.3. The zero-order chi connectivity index (χ0) is 22.1. The van der Waals surface area contributed by atoms with Gasteiger partial charge in [-0.1, -0.05) is 17.7 Å². The highest BCUT2D eigenvalue weighted by atomic mass is 79.9. The van der Waals surface area contributed by atoms with E-state index in [-0.39, 0.29) is 5.92 Å². The first-order valence-electron chi connectivity index (χ1n) is 10.2. The average Bonchev–Trinajstić information content (AvgIpc) is 3.43. The topological polar surface area (TPSA) is 75.4 Å². The second-order valence-corrected chi connectivity index (χ2v) is 11.8. The summed E-state index contributed by atoms with van der Waals surface area (Å²) < 4.78 is 19.2. The van der Waals surface area contributed by atoms with Gasteiger partial charge in [-0.15, -0.1) is 11.3 Å². The lowest BCUT2D eigenvalue weighted by molar-refractivity contribution is 0.327. The maximum absolute atomic E-state index is 13.1. The van der Waals surface area contributed by atoms with E-state index in [1.807, 2.05) is 28.7 Å². The number of nitrogens with zero attached hydrogens (tertiary/aromatic N) is 5. The first-order chi connectivity index (χ1) is 15.6. The minimum absolute atomic E-state index is 0.175. The molecule has 0 aliphatic carbocycles. The van der Waals surface area contributed by atoms with Crippen LogP contribution in [0.5, 0.6) is 0 Å². The molecule has 11 heteroatoms. The lowest BCUT2D eigenvalue weighted by Gasteiger charge is -2.31. The zero-order valence-electron chi connectivity index (χ0n) is 16.9. The molecule has 32 heavy (non-hydrogen) atoms. The number of nitrogens with one attached hydrogen (secondary N) is 1. The second-order valence-electron chi connectivity index (χ2n) is 7.54. The van der Waals surface area contributed by atoms with Crippen molar-refractivity contribution in [3.63, 3.8) is 0 Å². The summed E-state index contributed by atoms with van der Waals surface area (Å²) in [6.07, 6.45) is 7.32. The molecule has 4 aromatic heterocycles. The number of pyridine rings is 1. The Morgan fingerprint density at radius 3 is 3.00 bits per heavy atom. The smallest absolute Gasteiger partial charge is 0.171 e. The Morgan fingerprint density at radius 2 is 2.22 bits per heavy atom. The predicted molar refractivity (Wildman–Crippen MR) is 132 cm³/mol. The van der Waals surface area contributed by atoms with Gasteiger partial charge < -0.3 is 5.32 Å². The van der Waals surface area contributed by atoms with Gasteiger partial charge in [0.25, 0.3) is 0 Å². The van der Waals surface area contributed by atoms with E-state index in [1.54, 1.807) is 23.0 Å². The molecule has 1 aliphatic heterocycles. The maximum atomic E-state index is 13.1. The van der Waals surface area contributed by atoms with Crippen molar-refractivity contribution < 1.29 is 4.21 Å². The van der Waals surface area contributed by atoms with Gasteiger partial charge in [-0.05, 0) is 52.5 Å². The number of aromatic nitrogens is 4. The standard InChI is InChI=1S/C21H20BrClN6OS2/c22-16-12-26-29-19(25-11-14-3-1-7-24-10-14)9-17(27-21(16)29)15-4-2-8-28(13-15)32(30)20-6-5-18(23)31-20/h1,3,5-7,9-10,12,15,25H,2,4,8,11,13H2. The minimum Gasteiger partial charge on any atom is -0.366 e. The predicted octanol–water partition coefficient (Wildman–Crippen LogP) is 5.12. The van der Waals surface area contributed by atoms with Crippen LogP contribution < -0.4 is 5.32 Å². The highest BCUT2D eigenvalue weighted by Gasteiger charge is 2.28. The highest BCUT2D eigenvalue weighted by Crippen LogP contribution is 2.33. The molecular formula is C21H20BrClN6OS2. The molecule has 0 spiro atoms. The van der Waals surface area contributed by atoms with E-state index in [0.717, 1.165) is 50.8 Å². The average molecular weight is 552 g/mol. The molecule has 0 aromatic carbocycles. The van der Waals surface area contributed by atoms with Gasteiger partial charge in [0.2, 0.25) is 0 Å². The van der Waals surface area contributed by atoms with Gasteiger partial charge in [0.1, 0.15) is 21.0 Å². The number of thiophene rings is 1. The Morgan fingerprint density at radius 1 is 1.31 bits per heavy atom. The number of fused-ring (bicyclic) bond motifs is 1. The summed E-state index contributed by atoms with van der Waals surface area (Å²) in [5.74, 6) is 1.04. The van der Waals surface area contributed by atoms with Crippen molar-refractivity contribution in [3.8, 4) is 0 Å². The Balaban J connectivity index is 1.41. The maximum Gasteiger partial charge on any atom is 0.171 e. The Bertz CT molecular complexity index is 1260. The fraction of sp³-hybridized carbons (Fsp3) is 0.286. The quantitative estimate of drug-likeness (QED) is 0.360. The van der Waals surface area contributed by atoms with Gasteiger partial charge in [0, 0.05) is 44.0 Å². The molecule has 1 aliphatic rings. The number of anilines is 1. The molecule has 5 heterocycles. The molecule has 7 nitrogen and oxygen atoms in total. The SMILES string of the molecule is O=S(c1ccc(Cl)s1)N1CCCC(c2cc(NCc3cccnc3)n3ncc(Br)c3n2)C1. The van der Waals surface area contributed by atoms with Crippen LogP contribution in [0.2, 0.25) is 4.34 Å². The highest BCUT2D eigenvalue weighted by molar-refractivity contribution is 9.10. The molecule has 4 aromatic rings. The van der Waals surface area contributed by atoms with Crippen LogP contribution in [0.4, 0.5) is 5.82 Å². The van der Waals surface area contributed by atoms with Crippen molar-refractivity contribution in [2.75, 3.05) is 18.4 Å². The third kappa shape index (κ3) is 4.60. The number of rotatable bonds is 6. The first kappa shape index (κ1) is 22.0. The van der Waals surface area contributed by atoms with E-state index >= 15 is 0 Å². The fourth-order valence-corrected chi connectivity index (χ4v) is 7.02. The largest absolute Gasteiger partial charge is 0.366 e. The molecule has 5 rings (SSSR count). The second kappa shape index (κ2) is 9.56. The van der Waals surface area contributed by atoms with Gasteiger partial charge in [0.15, 0.2) is 5.65 Å². The Kier molecular flexibility index (Phi) is 6.56. The lowest BCUT2D eigenvalue weighted by Crippen LogP contribution is -2.36. The van der Waals surface area contributed by atoms with E-state index in [4.69, 9.17) is 16.6 Å². The van der Waals surface area contributed by atoms with Crippen molar-refractivity contribution in [1.82, 2.24) is 23.9 Å². The monoisotopic (exact) mass is 550 g/mol. The fourth-order valence-electron chi connectivity index (χ4n) is 3.84. The van der Waals surface area contributed by atoms with E-state index in [0.29, 0.717) is 17.4 Å². The van der Waals surface area contributed by atoms with Crippen LogP contribution in [0.3, 0.4) is 0 Å². The van der Waals surface area contributed by atoms with Crippen LogP contribution >= 0.6 is 38.9 Å². The molecular weight excluding hydrogens is 532 g/mol. The van der Waals surface area contributed by atoms with Crippen LogP contribution in [0.25, 0.3) is 5.65 Å². The van der Waals surface area contributed by atoms with Gasteiger partial charge >= 0.3 is 0 Å². The van der Waals surface area contributed by atoms with Crippen molar-refractivity contribution in [2.24, 2.45) is 0 Å². The molecule has 0 amide bonds. The third-order valence-corrected chi connectivity index (χ3v) is 8.95. The van der Waals surface area contributed by atoms with Crippen LogP contribution in [0.1, 0.15) is 30.0 Å². The molecule has 0 bridgehead atoms. The summed E-state index contributed by atoms with van der Waals surface area (Å²) >= 11 is 11.0. The van der Waals surface area contributed by atoms with E-state index in [9.17, 15) is 4.21 Å². The normalized spacial score (nSPS) is 18.1. The number of piperidine rings is 1. The van der Waals surface area contributed by atoms with Crippen LogP contribution in [0, 0.1) is 0 Å². The lowest BCUT2D eigenvalue weighted by atomic mass is 9.96. The van der Waals surface area contributed by atoms with Crippen molar-refractivity contribution in [2.45, 2.75) is 29.5 Å². The summed E-state index contributed by atoms with van der Waals surface area (Å²) in [5, 5.41) is 7.93.